The molecule has 0 fully saturated rings. The molecule has 0 aliphatic carbocycles. The molecule has 0 radical (unpaired) electrons. The number of amides is 2. The second-order valence-electron chi connectivity index (χ2n) is 8.31. The van der Waals surface area contributed by atoms with Crippen LogP contribution in [0.4, 0.5) is 4.39 Å². The van der Waals surface area contributed by atoms with Crippen molar-refractivity contribution in [1.82, 2.24) is 10.7 Å². The maximum absolute atomic E-state index is 14.0. The van der Waals surface area contributed by atoms with Crippen LogP contribution in [0.5, 0.6) is 5.75 Å². The van der Waals surface area contributed by atoms with Crippen molar-refractivity contribution in [2.45, 2.75) is 39.7 Å². The second-order valence-corrected chi connectivity index (χ2v) is 8.31. The van der Waals surface area contributed by atoms with Gasteiger partial charge in [0.2, 0.25) is 0 Å². The Hall–Kier alpha value is -3.74. The molecule has 0 aromatic heterocycles. The number of hydrogen-bond acceptors (Lipinski definition) is 4. The van der Waals surface area contributed by atoms with Gasteiger partial charge in [0, 0.05) is 5.56 Å². The Morgan fingerprint density at radius 3 is 2.53 bits per heavy atom. The largest absolute Gasteiger partial charge is 0.493 e. The molecule has 3 aromatic rings. The molecule has 0 spiro atoms. The molecule has 6 nitrogen and oxygen atoms in total. The van der Waals surface area contributed by atoms with Crippen LogP contribution in [0.2, 0.25) is 0 Å². The fourth-order valence-corrected chi connectivity index (χ4v) is 3.49. The molecule has 0 aliphatic heterocycles. The molecule has 178 valence electrons. The van der Waals surface area contributed by atoms with Crippen LogP contribution >= 0.6 is 0 Å². The molecule has 7 heteroatoms. The number of rotatable bonds is 10. The van der Waals surface area contributed by atoms with Gasteiger partial charge in [-0.15, -0.1) is 0 Å². The SMILES string of the molecule is CCCCOc1ccc2ccccc2c1/C=N/NC(=O)C(NC(=O)c1ccccc1F)C(C)C. The highest BCUT2D eigenvalue weighted by Crippen LogP contribution is 2.27. The molecular formula is C27H30FN3O3. The number of halogens is 1. The van der Waals surface area contributed by atoms with Crippen molar-refractivity contribution < 1.29 is 18.7 Å². The minimum absolute atomic E-state index is 0.117. The first kappa shape index (κ1) is 24.9. The van der Waals surface area contributed by atoms with Gasteiger partial charge in [-0.3, -0.25) is 9.59 Å². The van der Waals surface area contributed by atoms with Gasteiger partial charge in [-0.2, -0.15) is 5.10 Å². The van der Waals surface area contributed by atoms with E-state index in [2.05, 4.69) is 22.8 Å². The van der Waals surface area contributed by atoms with Gasteiger partial charge in [0.15, 0.2) is 0 Å². The summed E-state index contributed by atoms with van der Waals surface area (Å²) in [6.45, 7) is 6.26. The molecule has 2 amide bonds. The summed E-state index contributed by atoms with van der Waals surface area (Å²) in [4.78, 5) is 25.3. The van der Waals surface area contributed by atoms with Crippen molar-refractivity contribution >= 4 is 28.8 Å². The lowest BCUT2D eigenvalue weighted by Crippen LogP contribution is -2.48. The summed E-state index contributed by atoms with van der Waals surface area (Å²) in [5.74, 6) is -1.36. The number of unbranched alkanes of at least 4 members (excludes halogenated alkanes) is 1. The summed E-state index contributed by atoms with van der Waals surface area (Å²) >= 11 is 0. The summed E-state index contributed by atoms with van der Waals surface area (Å²) in [6.07, 6.45) is 3.50. The first-order chi connectivity index (χ1) is 16.4. The summed E-state index contributed by atoms with van der Waals surface area (Å²) < 4.78 is 19.9. The molecule has 1 atom stereocenters. The Morgan fingerprint density at radius 2 is 1.79 bits per heavy atom. The Bertz CT molecular complexity index is 1180. The topological polar surface area (TPSA) is 79.8 Å². The van der Waals surface area contributed by atoms with E-state index in [1.165, 1.54) is 18.2 Å². The van der Waals surface area contributed by atoms with Gasteiger partial charge in [0.05, 0.1) is 18.4 Å². The number of ether oxygens (including phenoxy) is 1. The zero-order chi connectivity index (χ0) is 24.5. The highest BCUT2D eigenvalue weighted by Gasteiger charge is 2.25. The Labute approximate surface area is 199 Å². The summed E-state index contributed by atoms with van der Waals surface area (Å²) in [5.41, 5.74) is 3.15. The van der Waals surface area contributed by atoms with E-state index >= 15 is 0 Å². The number of fused-ring (bicyclic) bond motifs is 1. The van der Waals surface area contributed by atoms with Crippen LogP contribution in [0, 0.1) is 11.7 Å². The lowest BCUT2D eigenvalue weighted by molar-refractivity contribution is -0.123. The predicted octanol–water partition coefficient (Wildman–Crippen LogP) is 5.06. The monoisotopic (exact) mass is 463 g/mol. The molecular weight excluding hydrogens is 433 g/mol. The van der Waals surface area contributed by atoms with Gasteiger partial charge in [-0.25, -0.2) is 9.82 Å². The van der Waals surface area contributed by atoms with E-state index in [1.54, 1.807) is 26.1 Å². The summed E-state index contributed by atoms with van der Waals surface area (Å²) in [6, 6.07) is 16.5. The Morgan fingerprint density at radius 1 is 1.06 bits per heavy atom. The fourth-order valence-electron chi connectivity index (χ4n) is 3.49. The molecule has 0 saturated heterocycles. The van der Waals surface area contributed by atoms with Crippen LogP contribution in [-0.4, -0.2) is 30.7 Å². The quantitative estimate of drug-likeness (QED) is 0.251. The van der Waals surface area contributed by atoms with Gasteiger partial charge in [-0.1, -0.05) is 69.7 Å². The minimum atomic E-state index is -0.892. The standard InChI is InChI=1S/C27H30FN3O3/c1-4-5-16-34-24-15-14-19-10-6-7-11-20(19)22(24)17-29-31-27(33)25(18(2)3)30-26(32)21-12-8-9-13-23(21)28/h6-15,17-18,25H,4-5,16H2,1-3H3,(H,30,32)(H,31,33)/b29-17+. The average molecular weight is 464 g/mol. The second kappa shape index (κ2) is 11.9. The lowest BCUT2D eigenvalue weighted by Gasteiger charge is -2.20. The molecule has 0 heterocycles. The van der Waals surface area contributed by atoms with Crippen molar-refractivity contribution in [1.29, 1.82) is 0 Å². The molecule has 2 N–H and O–H groups in total. The van der Waals surface area contributed by atoms with E-state index in [-0.39, 0.29) is 11.5 Å². The van der Waals surface area contributed by atoms with Crippen molar-refractivity contribution in [2.75, 3.05) is 6.61 Å². The summed E-state index contributed by atoms with van der Waals surface area (Å²) in [5, 5.41) is 8.73. The first-order valence-electron chi connectivity index (χ1n) is 11.4. The van der Waals surface area contributed by atoms with Crippen LogP contribution in [-0.2, 0) is 4.79 Å². The Kier molecular flexibility index (Phi) is 8.73. The van der Waals surface area contributed by atoms with Crippen molar-refractivity contribution in [3.8, 4) is 5.75 Å². The van der Waals surface area contributed by atoms with E-state index in [4.69, 9.17) is 4.74 Å². The van der Waals surface area contributed by atoms with Crippen molar-refractivity contribution in [2.24, 2.45) is 11.0 Å². The maximum atomic E-state index is 14.0. The first-order valence-corrected chi connectivity index (χ1v) is 11.4. The lowest BCUT2D eigenvalue weighted by atomic mass is 10.0. The molecule has 34 heavy (non-hydrogen) atoms. The third-order valence-corrected chi connectivity index (χ3v) is 5.41. The van der Waals surface area contributed by atoms with Crippen LogP contribution < -0.4 is 15.5 Å². The molecule has 0 aliphatic rings. The van der Waals surface area contributed by atoms with Gasteiger partial charge in [0.25, 0.3) is 11.8 Å². The van der Waals surface area contributed by atoms with E-state index in [0.29, 0.717) is 12.4 Å². The smallest absolute Gasteiger partial charge is 0.262 e. The van der Waals surface area contributed by atoms with Crippen molar-refractivity contribution in [3.63, 3.8) is 0 Å². The summed E-state index contributed by atoms with van der Waals surface area (Å²) in [7, 11) is 0. The van der Waals surface area contributed by atoms with E-state index < -0.39 is 23.7 Å². The number of benzene rings is 3. The zero-order valence-corrected chi connectivity index (χ0v) is 19.7. The molecule has 0 bridgehead atoms. The predicted molar refractivity (Wildman–Crippen MR) is 133 cm³/mol. The number of nitrogens with one attached hydrogen (secondary N) is 2. The minimum Gasteiger partial charge on any atom is -0.493 e. The molecule has 1 unspecified atom stereocenters. The van der Waals surface area contributed by atoms with Crippen molar-refractivity contribution in [3.05, 3.63) is 77.6 Å². The van der Waals surface area contributed by atoms with Gasteiger partial charge < -0.3 is 10.1 Å². The third-order valence-electron chi connectivity index (χ3n) is 5.41. The molecule has 0 saturated carbocycles. The average Bonchev–Trinajstić information content (AvgIpc) is 2.83. The van der Waals surface area contributed by atoms with Crippen LogP contribution in [0.3, 0.4) is 0 Å². The number of hydrazone groups is 1. The third kappa shape index (κ3) is 6.19. The fraction of sp³-hybridized carbons (Fsp3) is 0.296. The van der Waals surface area contributed by atoms with Gasteiger partial charge in [-0.05, 0) is 41.3 Å². The number of carbonyl (C=O) groups excluding carboxylic acids is 2. The molecule has 3 rings (SSSR count). The van der Waals surface area contributed by atoms with E-state index in [9.17, 15) is 14.0 Å². The number of nitrogens with zero attached hydrogens (tertiary/aromatic N) is 1. The normalized spacial score (nSPS) is 12.1. The van der Waals surface area contributed by atoms with Gasteiger partial charge in [0.1, 0.15) is 17.6 Å². The molecule has 3 aromatic carbocycles. The maximum Gasteiger partial charge on any atom is 0.262 e. The number of hydrogen-bond donors (Lipinski definition) is 2. The van der Waals surface area contributed by atoms with E-state index in [1.807, 2.05) is 36.4 Å². The van der Waals surface area contributed by atoms with E-state index in [0.717, 1.165) is 29.2 Å². The van der Waals surface area contributed by atoms with Crippen LogP contribution in [0.25, 0.3) is 10.8 Å². The van der Waals surface area contributed by atoms with Gasteiger partial charge >= 0.3 is 0 Å². The number of carbonyl (C=O) groups is 2. The zero-order valence-electron chi connectivity index (χ0n) is 19.7. The highest BCUT2D eigenvalue weighted by molar-refractivity contribution is 6.03. The Balaban J connectivity index is 1.77. The van der Waals surface area contributed by atoms with Crippen LogP contribution in [0.15, 0.2) is 65.8 Å². The highest BCUT2D eigenvalue weighted by atomic mass is 19.1. The van der Waals surface area contributed by atoms with Crippen LogP contribution in [0.1, 0.15) is 49.5 Å².